The van der Waals surface area contributed by atoms with E-state index in [-0.39, 0.29) is 18.0 Å². The minimum atomic E-state index is -0.247. The van der Waals surface area contributed by atoms with Crippen molar-refractivity contribution in [3.63, 3.8) is 0 Å². The fourth-order valence-corrected chi connectivity index (χ4v) is 2.43. The van der Waals surface area contributed by atoms with E-state index in [1.54, 1.807) is 18.6 Å². The minimum absolute atomic E-state index is 0.00520. The van der Waals surface area contributed by atoms with Gasteiger partial charge in [0, 0.05) is 17.8 Å². The lowest BCUT2D eigenvalue weighted by Gasteiger charge is -2.15. The maximum atomic E-state index is 11.9. The van der Waals surface area contributed by atoms with Gasteiger partial charge in [0.15, 0.2) is 0 Å². The Morgan fingerprint density at radius 3 is 3.05 bits per heavy atom. The van der Waals surface area contributed by atoms with Crippen LogP contribution in [0.3, 0.4) is 0 Å². The van der Waals surface area contributed by atoms with Crippen molar-refractivity contribution in [3.8, 4) is 0 Å². The topological polar surface area (TPSA) is 83.4 Å². The van der Waals surface area contributed by atoms with Gasteiger partial charge in [-0.1, -0.05) is 12.1 Å². The van der Waals surface area contributed by atoms with Crippen LogP contribution in [0.1, 0.15) is 29.7 Å². The van der Waals surface area contributed by atoms with E-state index in [1.807, 2.05) is 25.1 Å². The highest BCUT2D eigenvalue weighted by Gasteiger charge is 2.19. The number of carbonyl (C=O) groups excluding carboxylic acids is 2. The number of benzene rings is 1. The van der Waals surface area contributed by atoms with Crippen molar-refractivity contribution in [1.29, 1.82) is 0 Å². The van der Waals surface area contributed by atoms with Gasteiger partial charge in [0.1, 0.15) is 0 Å². The van der Waals surface area contributed by atoms with Crippen LogP contribution in [0.25, 0.3) is 0 Å². The molecule has 1 atom stereocenters. The van der Waals surface area contributed by atoms with Crippen molar-refractivity contribution >= 4 is 17.6 Å². The van der Waals surface area contributed by atoms with Gasteiger partial charge in [-0.2, -0.15) is 0 Å². The molecule has 1 aliphatic rings. The number of hydrogen-bond donors (Lipinski definition) is 3. The molecule has 2 aromatic rings. The monoisotopic (exact) mass is 299 g/mol. The summed E-state index contributed by atoms with van der Waals surface area (Å²) >= 11 is 0. The van der Waals surface area contributed by atoms with Crippen LogP contribution in [0.4, 0.5) is 10.5 Å². The summed E-state index contributed by atoms with van der Waals surface area (Å²) in [7, 11) is 0. The Bertz CT molecular complexity index is 695. The van der Waals surface area contributed by atoms with Crippen molar-refractivity contribution in [3.05, 3.63) is 53.5 Å². The maximum Gasteiger partial charge on any atom is 0.315 e. The van der Waals surface area contributed by atoms with Crippen LogP contribution in [-0.4, -0.2) is 11.9 Å². The van der Waals surface area contributed by atoms with Crippen molar-refractivity contribution in [2.75, 3.05) is 5.32 Å². The summed E-state index contributed by atoms with van der Waals surface area (Å²) in [5, 5.41) is 8.44. The summed E-state index contributed by atoms with van der Waals surface area (Å²) in [6.07, 6.45) is 3.55. The molecule has 0 radical (unpaired) electrons. The van der Waals surface area contributed by atoms with Crippen LogP contribution in [-0.2, 0) is 17.8 Å². The number of amides is 3. The number of carbonyl (C=O) groups is 2. The highest BCUT2D eigenvalue weighted by Crippen LogP contribution is 2.26. The Hall–Kier alpha value is -2.76. The number of furan rings is 1. The van der Waals surface area contributed by atoms with Crippen LogP contribution in [0.5, 0.6) is 0 Å². The second-order valence-corrected chi connectivity index (χ2v) is 5.32. The zero-order chi connectivity index (χ0) is 15.5. The lowest BCUT2D eigenvalue weighted by Crippen LogP contribution is -2.36. The molecule has 6 heteroatoms. The van der Waals surface area contributed by atoms with Crippen LogP contribution in [0.15, 0.2) is 41.2 Å². The highest BCUT2D eigenvalue weighted by atomic mass is 16.3. The van der Waals surface area contributed by atoms with Crippen molar-refractivity contribution in [2.24, 2.45) is 0 Å². The third-order valence-electron chi connectivity index (χ3n) is 3.64. The molecule has 0 fully saturated rings. The standard InChI is InChI=1S/C16H17N3O3/c1-10(18-16(21)17-8-11-4-5-22-9-11)12-2-3-14-13(6-12)7-15(20)19-14/h2-6,9-10H,7-8H2,1H3,(H,19,20)(H2,17,18,21)/t10-/m1/s1. The van der Waals surface area contributed by atoms with Gasteiger partial charge in [0.25, 0.3) is 0 Å². The molecule has 0 spiro atoms. The maximum absolute atomic E-state index is 11.9. The highest BCUT2D eigenvalue weighted by molar-refractivity contribution is 5.99. The number of urea groups is 1. The Morgan fingerprint density at radius 2 is 2.27 bits per heavy atom. The second kappa shape index (κ2) is 5.93. The molecule has 0 bridgehead atoms. The van der Waals surface area contributed by atoms with Gasteiger partial charge >= 0.3 is 6.03 Å². The largest absolute Gasteiger partial charge is 0.472 e. The van der Waals surface area contributed by atoms with Crippen molar-refractivity contribution in [1.82, 2.24) is 10.6 Å². The molecular formula is C16H17N3O3. The first-order valence-electron chi connectivity index (χ1n) is 7.10. The summed E-state index contributed by atoms with van der Waals surface area (Å²) in [6, 6.07) is 7.14. The molecule has 22 heavy (non-hydrogen) atoms. The predicted molar refractivity (Wildman–Crippen MR) is 81.3 cm³/mol. The number of nitrogens with one attached hydrogen (secondary N) is 3. The molecule has 0 saturated carbocycles. The minimum Gasteiger partial charge on any atom is -0.472 e. The van der Waals surface area contributed by atoms with Crippen LogP contribution in [0, 0.1) is 0 Å². The number of fused-ring (bicyclic) bond motifs is 1. The van der Waals surface area contributed by atoms with E-state index in [0.29, 0.717) is 13.0 Å². The first kappa shape index (κ1) is 14.2. The molecule has 0 aliphatic carbocycles. The summed E-state index contributed by atoms with van der Waals surface area (Å²) < 4.78 is 4.94. The average Bonchev–Trinajstić information content (AvgIpc) is 3.12. The van der Waals surface area contributed by atoms with E-state index in [2.05, 4.69) is 16.0 Å². The Balaban J connectivity index is 1.57. The summed E-state index contributed by atoms with van der Waals surface area (Å²) in [5.74, 6) is 0.00520. The lowest BCUT2D eigenvalue weighted by molar-refractivity contribution is -0.115. The quantitative estimate of drug-likeness (QED) is 0.810. The fourth-order valence-electron chi connectivity index (χ4n) is 2.43. The number of anilines is 1. The zero-order valence-corrected chi connectivity index (χ0v) is 12.2. The lowest BCUT2D eigenvalue weighted by atomic mass is 10.0. The Labute approximate surface area is 127 Å². The molecule has 1 aliphatic heterocycles. The van der Waals surface area contributed by atoms with Crippen molar-refractivity contribution < 1.29 is 14.0 Å². The molecule has 3 rings (SSSR count). The molecule has 6 nitrogen and oxygen atoms in total. The smallest absolute Gasteiger partial charge is 0.315 e. The van der Waals surface area contributed by atoms with Crippen LogP contribution < -0.4 is 16.0 Å². The molecule has 3 N–H and O–H groups in total. The molecule has 3 amide bonds. The van der Waals surface area contributed by atoms with Crippen LogP contribution >= 0.6 is 0 Å². The molecular weight excluding hydrogens is 282 g/mol. The van der Waals surface area contributed by atoms with Gasteiger partial charge in [-0.25, -0.2) is 4.79 Å². The van der Waals surface area contributed by atoms with Gasteiger partial charge in [-0.15, -0.1) is 0 Å². The molecule has 114 valence electrons. The van der Waals surface area contributed by atoms with E-state index in [4.69, 9.17) is 4.42 Å². The summed E-state index contributed by atoms with van der Waals surface area (Å²) in [5.41, 5.74) is 3.69. The number of hydrogen-bond acceptors (Lipinski definition) is 3. The zero-order valence-electron chi connectivity index (χ0n) is 12.2. The number of rotatable bonds is 4. The van der Waals surface area contributed by atoms with E-state index < -0.39 is 0 Å². The van der Waals surface area contributed by atoms with Gasteiger partial charge in [0.2, 0.25) is 5.91 Å². The first-order valence-corrected chi connectivity index (χ1v) is 7.10. The van der Waals surface area contributed by atoms with Crippen molar-refractivity contribution in [2.45, 2.75) is 25.9 Å². The first-order chi connectivity index (χ1) is 10.6. The second-order valence-electron chi connectivity index (χ2n) is 5.32. The molecule has 1 aromatic carbocycles. The average molecular weight is 299 g/mol. The predicted octanol–water partition coefficient (Wildman–Crippen LogP) is 2.33. The van der Waals surface area contributed by atoms with Gasteiger partial charge < -0.3 is 20.4 Å². The molecule has 0 unspecified atom stereocenters. The SMILES string of the molecule is C[C@@H](NC(=O)NCc1ccoc1)c1ccc2c(c1)CC(=O)N2. The van der Waals surface area contributed by atoms with E-state index in [1.165, 1.54) is 0 Å². The van der Waals surface area contributed by atoms with E-state index in [0.717, 1.165) is 22.4 Å². The van der Waals surface area contributed by atoms with Gasteiger partial charge in [-0.3, -0.25) is 4.79 Å². The Morgan fingerprint density at radius 1 is 1.41 bits per heavy atom. The van der Waals surface area contributed by atoms with Gasteiger partial charge in [0.05, 0.1) is 25.0 Å². The van der Waals surface area contributed by atoms with E-state index in [9.17, 15) is 9.59 Å². The molecule has 1 aromatic heterocycles. The molecule has 0 saturated heterocycles. The normalized spacial score (nSPS) is 14.1. The Kier molecular flexibility index (Phi) is 3.82. The van der Waals surface area contributed by atoms with E-state index >= 15 is 0 Å². The fraction of sp³-hybridized carbons (Fsp3) is 0.250. The summed E-state index contributed by atoms with van der Waals surface area (Å²) in [4.78, 5) is 23.2. The molecule has 2 heterocycles. The van der Waals surface area contributed by atoms with Crippen LogP contribution in [0.2, 0.25) is 0 Å². The third kappa shape index (κ3) is 3.11. The third-order valence-corrected chi connectivity index (χ3v) is 3.64. The van der Waals surface area contributed by atoms with Gasteiger partial charge in [-0.05, 0) is 30.2 Å². The summed E-state index contributed by atoms with van der Waals surface area (Å²) in [6.45, 7) is 2.32.